The summed E-state index contributed by atoms with van der Waals surface area (Å²) in [5, 5.41) is 12.2. The van der Waals surface area contributed by atoms with E-state index < -0.39 is 39.1 Å². The number of aliphatic hydroxyl groups excluding tert-OH is 1. The molecule has 0 spiro atoms. The van der Waals surface area contributed by atoms with Gasteiger partial charge in [0, 0.05) is 5.56 Å². The molecule has 1 aromatic heterocycles. The molecule has 0 unspecified atom stereocenters. The third-order valence-electron chi connectivity index (χ3n) is 3.83. The Morgan fingerprint density at radius 2 is 1.87 bits per heavy atom. The maximum atomic E-state index is 14.5. The van der Waals surface area contributed by atoms with E-state index in [1.54, 1.807) is 0 Å². The summed E-state index contributed by atoms with van der Waals surface area (Å²) in [6.45, 7) is 3.66. The van der Waals surface area contributed by atoms with E-state index in [-0.39, 0.29) is 29.6 Å². The van der Waals surface area contributed by atoms with Gasteiger partial charge in [0.05, 0.1) is 24.7 Å². The molecule has 3 N–H and O–H groups in total. The van der Waals surface area contributed by atoms with Gasteiger partial charge in [-0.3, -0.25) is 4.72 Å². The van der Waals surface area contributed by atoms with E-state index in [1.807, 2.05) is 13.8 Å². The van der Waals surface area contributed by atoms with Crippen LogP contribution in [0.15, 0.2) is 29.4 Å². The highest BCUT2D eigenvalue weighted by Crippen LogP contribution is 2.34. The van der Waals surface area contributed by atoms with E-state index >= 15 is 0 Å². The summed E-state index contributed by atoms with van der Waals surface area (Å²) in [6, 6.07) is 3.68. The van der Waals surface area contributed by atoms with Crippen LogP contribution in [0.3, 0.4) is 0 Å². The number of halogens is 3. The zero-order valence-corrected chi connectivity index (χ0v) is 18.8. The monoisotopic (exact) mass is 479 g/mol. The average Bonchev–Trinajstić information content (AvgIpc) is 2.64. The van der Waals surface area contributed by atoms with Crippen molar-refractivity contribution in [3.63, 3.8) is 0 Å². The molecule has 0 aliphatic carbocycles. The Morgan fingerprint density at radius 1 is 1.19 bits per heavy atom. The van der Waals surface area contributed by atoms with Crippen molar-refractivity contribution >= 4 is 33.7 Å². The molecule has 1 atom stereocenters. The second-order valence-electron chi connectivity index (χ2n) is 7.30. The summed E-state index contributed by atoms with van der Waals surface area (Å²) in [7, 11) is -3.73. The fourth-order valence-electron chi connectivity index (χ4n) is 2.58. The number of anilines is 2. The molecule has 0 saturated carbocycles. The SMILES string of the molecule is CC(C)C[C@H](CO)Nc1nc(NS(C)(=O)=O)nc(SCC(F)(F)c2cccc(F)c2)n1. The predicted octanol–water partition coefficient (Wildman–Crippen LogP) is 3.09. The molecule has 0 aliphatic rings. The lowest BCUT2D eigenvalue weighted by atomic mass is 10.0. The maximum absolute atomic E-state index is 14.5. The van der Waals surface area contributed by atoms with E-state index in [4.69, 9.17) is 0 Å². The number of nitrogens with zero attached hydrogens (tertiary/aromatic N) is 3. The van der Waals surface area contributed by atoms with Crippen LogP contribution in [-0.4, -0.2) is 53.1 Å². The Labute approximate surface area is 183 Å². The summed E-state index contributed by atoms with van der Waals surface area (Å²) in [5.41, 5.74) is -0.501. The van der Waals surface area contributed by atoms with Crippen molar-refractivity contribution in [3.8, 4) is 0 Å². The van der Waals surface area contributed by atoms with Crippen LogP contribution in [-0.2, 0) is 15.9 Å². The number of alkyl halides is 2. The molecule has 0 bridgehead atoms. The molecule has 0 fully saturated rings. The number of sulfonamides is 1. The maximum Gasteiger partial charge on any atom is 0.282 e. The summed E-state index contributed by atoms with van der Waals surface area (Å²) < 4.78 is 67.5. The number of aromatic nitrogens is 3. The molecule has 2 aromatic rings. The van der Waals surface area contributed by atoms with Gasteiger partial charge in [0.1, 0.15) is 5.82 Å². The fraction of sp³-hybridized carbons (Fsp3) is 0.500. The number of hydrogen-bond acceptors (Lipinski definition) is 8. The lowest BCUT2D eigenvalue weighted by molar-refractivity contribution is 0.0228. The number of aliphatic hydroxyl groups is 1. The number of rotatable bonds is 11. The fourth-order valence-corrected chi connectivity index (χ4v) is 3.78. The lowest BCUT2D eigenvalue weighted by Crippen LogP contribution is -2.27. The van der Waals surface area contributed by atoms with Crippen molar-refractivity contribution in [2.24, 2.45) is 5.92 Å². The molecule has 0 radical (unpaired) electrons. The molecule has 0 amide bonds. The quantitative estimate of drug-likeness (QED) is 0.421. The molecule has 0 saturated heterocycles. The Morgan fingerprint density at radius 3 is 2.45 bits per heavy atom. The van der Waals surface area contributed by atoms with Gasteiger partial charge >= 0.3 is 0 Å². The van der Waals surface area contributed by atoms with Gasteiger partial charge in [-0.1, -0.05) is 37.7 Å². The third-order valence-corrected chi connectivity index (χ3v) is 5.33. The third kappa shape index (κ3) is 8.50. The van der Waals surface area contributed by atoms with Crippen LogP contribution in [0, 0.1) is 11.7 Å². The average molecular weight is 480 g/mol. The topological polar surface area (TPSA) is 117 Å². The number of thioether (sulfide) groups is 1. The van der Waals surface area contributed by atoms with Crippen LogP contribution >= 0.6 is 11.8 Å². The first-order valence-corrected chi connectivity index (χ1v) is 12.1. The largest absolute Gasteiger partial charge is 0.394 e. The molecule has 13 heteroatoms. The molecule has 31 heavy (non-hydrogen) atoms. The molecular formula is C18H24F3N5O3S2. The second kappa shape index (κ2) is 10.5. The Hall–Kier alpha value is -2.12. The van der Waals surface area contributed by atoms with Gasteiger partial charge in [-0.2, -0.15) is 15.0 Å². The first-order chi connectivity index (χ1) is 14.4. The Kier molecular flexibility index (Phi) is 8.49. The first kappa shape index (κ1) is 25.1. The number of benzene rings is 1. The predicted molar refractivity (Wildman–Crippen MR) is 113 cm³/mol. The van der Waals surface area contributed by atoms with Gasteiger partial charge in [-0.25, -0.2) is 21.6 Å². The van der Waals surface area contributed by atoms with Gasteiger partial charge in [0.2, 0.25) is 21.9 Å². The highest BCUT2D eigenvalue weighted by Gasteiger charge is 2.32. The molecule has 1 heterocycles. The minimum atomic E-state index is -3.73. The van der Waals surface area contributed by atoms with Crippen LogP contribution in [0.25, 0.3) is 0 Å². The standard InChI is InChI=1S/C18H24F3N5O3S2/c1-11(2)7-14(9-27)22-15-23-16(26-31(3,28)29)25-17(24-15)30-10-18(20,21)12-5-4-6-13(19)8-12/h4-6,8,11,14,27H,7,9-10H2,1-3H3,(H2,22,23,24,25,26)/t14-/m1/s1. The number of nitrogens with one attached hydrogen (secondary N) is 2. The molecule has 2 rings (SSSR count). The summed E-state index contributed by atoms with van der Waals surface area (Å²) in [5.74, 6) is -5.17. The highest BCUT2D eigenvalue weighted by molar-refractivity contribution is 7.99. The number of hydrogen-bond donors (Lipinski definition) is 3. The van der Waals surface area contributed by atoms with Gasteiger partial charge in [-0.05, 0) is 24.5 Å². The molecule has 1 aromatic carbocycles. The normalized spacial score (nSPS) is 13.3. The van der Waals surface area contributed by atoms with Crippen molar-refractivity contribution in [1.29, 1.82) is 0 Å². The highest BCUT2D eigenvalue weighted by atomic mass is 32.2. The van der Waals surface area contributed by atoms with E-state index in [0.29, 0.717) is 18.2 Å². The second-order valence-corrected chi connectivity index (χ2v) is 9.99. The smallest absolute Gasteiger partial charge is 0.282 e. The van der Waals surface area contributed by atoms with Gasteiger partial charge in [0.25, 0.3) is 5.92 Å². The van der Waals surface area contributed by atoms with Crippen LogP contribution in [0.4, 0.5) is 25.1 Å². The summed E-state index contributed by atoms with van der Waals surface area (Å²) in [6.07, 6.45) is 1.46. The van der Waals surface area contributed by atoms with Crippen molar-refractivity contribution in [2.45, 2.75) is 37.4 Å². The molecule has 0 aliphatic heterocycles. The van der Waals surface area contributed by atoms with Crippen LogP contribution < -0.4 is 10.0 Å². The van der Waals surface area contributed by atoms with Crippen LogP contribution in [0.5, 0.6) is 0 Å². The van der Waals surface area contributed by atoms with Crippen molar-refractivity contribution in [1.82, 2.24) is 15.0 Å². The molecular weight excluding hydrogens is 455 g/mol. The van der Waals surface area contributed by atoms with E-state index in [2.05, 4.69) is 25.0 Å². The van der Waals surface area contributed by atoms with E-state index in [0.717, 1.165) is 24.5 Å². The molecule has 172 valence electrons. The van der Waals surface area contributed by atoms with E-state index in [1.165, 1.54) is 6.07 Å². The van der Waals surface area contributed by atoms with E-state index in [9.17, 15) is 26.7 Å². The lowest BCUT2D eigenvalue weighted by Gasteiger charge is -2.19. The Balaban J connectivity index is 2.27. The Bertz CT molecular complexity index is 993. The van der Waals surface area contributed by atoms with Crippen molar-refractivity contribution in [3.05, 3.63) is 35.6 Å². The minimum Gasteiger partial charge on any atom is -0.394 e. The van der Waals surface area contributed by atoms with Crippen LogP contribution in [0.2, 0.25) is 0 Å². The van der Waals surface area contributed by atoms with Crippen LogP contribution in [0.1, 0.15) is 25.8 Å². The zero-order valence-electron chi connectivity index (χ0n) is 17.1. The summed E-state index contributed by atoms with van der Waals surface area (Å²) in [4.78, 5) is 11.9. The molecule has 8 nitrogen and oxygen atoms in total. The zero-order chi connectivity index (χ0) is 23.2. The summed E-state index contributed by atoms with van der Waals surface area (Å²) >= 11 is 0.559. The van der Waals surface area contributed by atoms with Crippen molar-refractivity contribution in [2.75, 3.05) is 28.7 Å². The minimum absolute atomic E-state index is 0.0718. The van der Waals surface area contributed by atoms with Gasteiger partial charge in [0.15, 0.2) is 5.16 Å². The van der Waals surface area contributed by atoms with Gasteiger partial charge in [-0.15, -0.1) is 0 Å². The first-order valence-electron chi connectivity index (χ1n) is 9.26. The van der Waals surface area contributed by atoms with Crippen molar-refractivity contribution < 1.29 is 26.7 Å². The van der Waals surface area contributed by atoms with Gasteiger partial charge < -0.3 is 10.4 Å².